The van der Waals surface area contributed by atoms with Gasteiger partial charge in [0.25, 0.3) is 0 Å². The fourth-order valence-corrected chi connectivity index (χ4v) is 4.37. The van der Waals surface area contributed by atoms with Crippen LogP contribution in [0.25, 0.3) is 0 Å². The number of carbonyl (C=O) groups excluding carboxylic acids is 2. The molecule has 7 heteroatoms. The first kappa shape index (κ1) is 21.2. The predicted molar refractivity (Wildman–Crippen MR) is 98.5 cm³/mol. The highest BCUT2D eigenvalue weighted by atomic mass is 16.7. The van der Waals surface area contributed by atoms with Crippen LogP contribution in [0.4, 0.5) is 0 Å². The molecule has 1 saturated heterocycles. The van der Waals surface area contributed by atoms with Crippen LogP contribution in [0.15, 0.2) is 0 Å². The fourth-order valence-electron chi connectivity index (χ4n) is 4.37. The lowest BCUT2D eigenvalue weighted by atomic mass is 9.76. The third-order valence-electron chi connectivity index (χ3n) is 6.64. The Hall–Kier alpha value is -1.08. The van der Waals surface area contributed by atoms with Gasteiger partial charge in [-0.2, -0.15) is 0 Å². The van der Waals surface area contributed by atoms with Crippen molar-refractivity contribution in [2.75, 3.05) is 14.2 Å². The average molecular weight is 368 g/mol. The monoisotopic (exact) mass is 368 g/mol. The minimum absolute atomic E-state index is 0.234. The Labute approximate surface area is 157 Å². The van der Waals surface area contributed by atoms with Crippen molar-refractivity contribution in [1.82, 2.24) is 0 Å². The Bertz CT molecular complexity index is 512. The molecule has 0 spiro atoms. The van der Waals surface area contributed by atoms with Gasteiger partial charge < -0.3 is 18.8 Å². The number of hydrogen-bond acceptors (Lipinski definition) is 6. The van der Waals surface area contributed by atoms with Crippen molar-refractivity contribution in [1.29, 1.82) is 0 Å². The van der Waals surface area contributed by atoms with Gasteiger partial charge in [-0.25, -0.2) is 0 Å². The maximum absolute atomic E-state index is 12.4. The lowest BCUT2D eigenvalue weighted by Crippen LogP contribution is -2.41. The zero-order valence-electron chi connectivity index (χ0n) is 17.2. The van der Waals surface area contributed by atoms with Crippen molar-refractivity contribution in [3.8, 4) is 0 Å². The van der Waals surface area contributed by atoms with Crippen molar-refractivity contribution in [3.63, 3.8) is 0 Å². The molecule has 0 unspecified atom stereocenters. The quantitative estimate of drug-likeness (QED) is 0.407. The van der Waals surface area contributed by atoms with Gasteiger partial charge in [0.05, 0.1) is 25.4 Å². The smallest absolute Gasteiger partial charge is 0.457 e. The van der Waals surface area contributed by atoms with Gasteiger partial charge in [-0.05, 0) is 58.7 Å². The SMILES string of the molecule is CC[C@H]1CC(C(=O)OC)(C(=O)OC)C[C@@H]1CCB1OC(C)(C)C(C)(C)O1. The summed E-state index contributed by atoms with van der Waals surface area (Å²) in [5.74, 6) is -0.463. The maximum Gasteiger partial charge on any atom is 0.457 e. The highest BCUT2D eigenvalue weighted by Gasteiger charge is 2.57. The molecule has 26 heavy (non-hydrogen) atoms. The summed E-state index contributed by atoms with van der Waals surface area (Å²) in [6, 6.07) is 0. The first-order valence-corrected chi connectivity index (χ1v) is 9.55. The van der Waals surface area contributed by atoms with E-state index >= 15 is 0 Å². The standard InChI is InChI=1S/C19H33BO6/c1-8-13-11-19(15(21)23-6,16(22)24-7)12-14(13)9-10-20-25-17(2,3)18(4,5)26-20/h13-14H,8-12H2,1-7H3/t13-,14-/m0/s1. The lowest BCUT2D eigenvalue weighted by Gasteiger charge is -2.32. The molecule has 0 radical (unpaired) electrons. The molecule has 6 nitrogen and oxygen atoms in total. The molecule has 1 heterocycles. The molecule has 2 rings (SSSR count). The molecule has 148 valence electrons. The van der Waals surface area contributed by atoms with E-state index in [9.17, 15) is 9.59 Å². The van der Waals surface area contributed by atoms with Crippen molar-refractivity contribution in [2.24, 2.45) is 17.3 Å². The van der Waals surface area contributed by atoms with E-state index in [0.29, 0.717) is 12.8 Å². The Balaban J connectivity index is 2.08. The van der Waals surface area contributed by atoms with E-state index in [1.807, 2.05) is 27.7 Å². The summed E-state index contributed by atoms with van der Waals surface area (Å²) in [5.41, 5.74) is -1.87. The van der Waals surface area contributed by atoms with Crippen molar-refractivity contribution in [3.05, 3.63) is 0 Å². The normalized spacial score (nSPS) is 28.8. The summed E-state index contributed by atoms with van der Waals surface area (Å²) in [7, 11) is 2.39. The number of hydrogen-bond donors (Lipinski definition) is 0. The second-order valence-electron chi connectivity index (χ2n) is 8.67. The van der Waals surface area contributed by atoms with Crippen molar-refractivity contribution in [2.45, 2.75) is 77.8 Å². The van der Waals surface area contributed by atoms with Gasteiger partial charge in [-0.3, -0.25) is 9.59 Å². The topological polar surface area (TPSA) is 71.1 Å². The molecule has 0 aromatic carbocycles. The van der Waals surface area contributed by atoms with Gasteiger partial charge in [-0.15, -0.1) is 0 Å². The van der Waals surface area contributed by atoms with Gasteiger partial charge >= 0.3 is 19.1 Å². The van der Waals surface area contributed by atoms with Crippen LogP contribution < -0.4 is 0 Å². The second kappa shape index (κ2) is 7.51. The van der Waals surface area contributed by atoms with Gasteiger partial charge in [0.1, 0.15) is 0 Å². The fraction of sp³-hybridized carbons (Fsp3) is 0.895. The van der Waals surface area contributed by atoms with Crippen LogP contribution in [0.3, 0.4) is 0 Å². The molecule has 0 aromatic rings. The molecule has 1 aliphatic carbocycles. The summed E-state index contributed by atoms with van der Waals surface area (Å²) >= 11 is 0. The summed E-state index contributed by atoms with van der Waals surface area (Å²) in [5, 5.41) is 0. The van der Waals surface area contributed by atoms with Crippen LogP contribution in [-0.2, 0) is 28.4 Å². The number of methoxy groups -OCH3 is 2. The predicted octanol–water partition coefficient (Wildman–Crippen LogP) is 3.24. The highest BCUT2D eigenvalue weighted by Crippen LogP contribution is 2.51. The number of rotatable bonds is 6. The van der Waals surface area contributed by atoms with E-state index in [0.717, 1.165) is 19.2 Å². The highest BCUT2D eigenvalue weighted by molar-refractivity contribution is 6.45. The maximum atomic E-state index is 12.4. The number of esters is 2. The summed E-state index contributed by atoms with van der Waals surface area (Å²) < 4.78 is 22.0. The van der Waals surface area contributed by atoms with Gasteiger partial charge in [-0.1, -0.05) is 19.8 Å². The van der Waals surface area contributed by atoms with E-state index in [2.05, 4.69) is 6.92 Å². The Morgan fingerprint density at radius 3 is 1.85 bits per heavy atom. The van der Waals surface area contributed by atoms with Crippen molar-refractivity contribution >= 4 is 19.1 Å². The van der Waals surface area contributed by atoms with Gasteiger partial charge in [0.2, 0.25) is 0 Å². The molecule has 0 N–H and O–H groups in total. The first-order chi connectivity index (χ1) is 12.0. The summed E-state index contributed by atoms with van der Waals surface area (Å²) in [6.07, 6.45) is 3.43. The Morgan fingerprint density at radius 2 is 1.42 bits per heavy atom. The van der Waals surface area contributed by atoms with Crippen LogP contribution >= 0.6 is 0 Å². The Kier molecular flexibility index (Phi) is 6.13. The lowest BCUT2D eigenvalue weighted by molar-refractivity contribution is -0.169. The number of carbonyl (C=O) groups is 2. The van der Waals surface area contributed by atoms with E-state index in [-0.39, 0.29) is 30.2 Å². The van der Waals surface area contributed by atoms with Gasteiger partial charge in [0.15, 0.2) is 5.41 Å². The zero-order valence-corrected chi connectivity index (χ0v) is 17.2. The third-order valence-corrected chi connectivity index (χ3v) is 6.64. The van der Waals surface area contributed by atoms with E-state index in [4.69, 9.17) is 18.8 Å². The van der Waals surface area contributed by atoms with E-state index in [1.54, 1.807) is 0 Å². The summed E-state index contributed by atoms with van der Waals surface area (Å²) in [4.78, 5) is 24.8. The molecule has 0 bridgehead atoms. The minimum atomic E-state index is -1.18. The third kappa shape index (κ3) is 3.65. The molecule has 1 aliphatic heterocycles. The molecule has 0 amide bonds. The molecule has 2 fully saturated rings. The van der Waals surface area contributed by atoms with E-state index in [1.165, 1.54) is 14.2 Å². The van der Waals surface area contributed by atoms with Crippen LogP contribution in [0, 0.1) is 17.3 Å². The van der Waals surface area contributed by atoms with Crippen LogP contribution in [0.2, 0.25) is 6.32 Å². The van der Waals surface area contributed by atoms with E-state index < -0.39 is 17.4 Å². The second-order valence-corrected chi connectivity index (χ2v) is 8.67. The zero-order chi connectivity index (χ0) is 19.8. The summed E-state index contributed by atoms with van der Waals surface area (Å²) in [6.45, 7) is 10.2. The largest absolute Gasteiger partial charge is 0.468 e. The van der Waals surface area contributed by atoms with Crippen LogP contribution in [0.5, 0.6) is 0 Å². The minimum Gasteiger partial charge on any atom is -0.468 e. The molecular weight excluding hydrogens is 335 g/mol. The van der Waals surface area contributed by atoms with Crippen LogP contribution in [-0.4, -0.2) is 44.5 Å². The van der Waals surface area contributed by atoms with Crippen molar-refractivity contribution < 1.29 is 28.4 Å². The molecule has 0 aromatic heterocycles. The average Bonchev–Trinajstić information content (AvgIpc) is 3.06. The Morgan fingerprint density at radius 1 is 0.962 bits per heavy atom. The first-order valence-electron chi connectivity index (χ1n) is 9.55. The number of ether oxygens (including phenoxy) is 2. The molecular formula is C19H33BO6. The van der Waals surface area contributed by atoms with Gasteiger partial charge in [0, 0.05) is 0 Å². The van der Waals surface area contributed by atoms with Crippen LogP contribution in [0.1, 0.15) is 60.3 Å². The molecule has 2 atom stereocenters. The molecule has 1 saturated carbocycles. The molecule has 2 aliphatic rings.